The molecule has 2 aromatic rings. The van der Waals surface area contributed by atoms with E-state index in [0.717, 1.165) is 27.1 Å². The zero-order valence-corrected chi connectivity index (χ0v) is 12.6. The molecule has 2 nitrogen and oxygen atoms in total. The molecule has 1 N–H and O–H groups in total. The monoisotopic (exact) mass is 324 g/mol. The Bertz CT molecular complexity index is 555. The number of pyridine rings is 1. The van der Waals surface area contributed by atoms with Crippen LogP contribution >= 0.6 is 27.5 Å². The predicted octanol–water partition coefficient (Wildman–Crippen LogP) is 5.20. The van der Waals surface area contributed by atoms with Crippen molar-refractivity contribution >= 4 is 39.0 Å². The Kier molecular flexibility index (Phi) is 4.25. The van der Waals surface area contributed by atoms with Crippen LogP contribution in [0.25, 0.3) is 0 Å². The number of nitrogens with zero attached hydrogens (tertiary/aromatic N) is 1. The van der Waals surface area contributed by atoms with E-state index in [-0.39, 0.29) is 5.38 Å². The maximum atomic E-state index is 6.17. The largest absolute Gasteiger partial charge is 0.339 e. The van der Waals surface area contributed by atoms with Crippen LogP contribution in [0, 0.1) is 6.92 Å². The molecule has 0 saturated heterocycles. The summed E-state index contributed by atoms with van der Waals surface area (Å²) < 4.78 is 0.944. The second kappa shape index (κ2) is 5.72. The van der Waals surface area contributed by atoms with Crippen molar-refractivity contribution < 1.29 is 0 Å². The first kappa shape index (κ1) is 13.4. The average Bonchev–Trinajstić information content (AvgIpc) is 2.33. The van der Waals surface area contributed by atoms with Crippen molar-refractivity contribution in [3.05, 3.63) is 52.1 Å². The Morgan fingerprint density at radius 3 is 2.72 bits per heavy atom. The van der Waals surface area contributed by atoms with Crippen LogP contribution in [0.2, 0.25) is 0 Å². The molecule has 0 aliphatic rings. The van der Waals surface area contributed by atoms with Gasteiger partial charge >= 0.3 is 0 Å². The van der Waals surface area contributed by atoms with Gasteiger partial charge in [-0.05, 0) is 53.0 Å². The molecule has 2 rings (SSSR count). The Morgan fingerprint density at radius 1 is 1.33 bits per heavy atom. The van der Waals surface area contributed by atoms with Gasteiger partial charge in [-0.15, -0.1) is 11.6 Å². The van der Waals surface area contributed by atoms with Crippen molar-refractivity contribution in [2.45, 2.75) is 19.2 Å². The number of rotatable bonds is 3. The molecule has 1 heterocycles. The highest BCUT2D eigenvalue weighted by molar-refractivity contribution is 9.10. The Balaban J connectivity index is 2.34. The van der Waals surface area contributed by atoms with Gasteiger partial charge in [-0.25, -0.2) is 4.98 Å². The lowest BCUT2D eigenvalue weighted by atomic mass is 10.1. The fraction of sp³-hybridized carbons (Fsp3) is 0.214. The first-order valence-corrected chi connectivity index (χ1v) is 6.93. The zero-order valence-electron chi connectivity index (χ0n) is 10.2. The number of hydrogen-bond acceptors (Lipinski definition) is 2. The lowest BCUT2D eigenvalue weighted by Crippen LogP contribution is -1.99. The number of anilines is 2. The first-order valence-electron chi connectivity index (χ1n) is 5.70. The van der Waals surface area contributed by atoms with Crippen molar-refractivity contribution in [2.75, 3.05) is 5.32 Å². The lowest BCUT2D eigenvalue weighted by Gasteiger charge is -2.14. The highest BCUT2D eigenvalue weighted by atomic mass is 79.9. The number of alkyl halides is 1. The van der Waals surface area contributed by atoms with Gasteiger partial charge in [0.05, 0.1) is 9.85 Å². The quantitative estimate of drug-likeness (QED) is 0.785. The smallest absolute Gasteiger partial charge is 0.144 e. The highest BCUT2D eigenvalue weighted by Crippen LogP contribution is 2.31. The number of hydrogen-bond donors (Lipinski definition) is 1. The molecule has 1 aromatic carbocycles. The van der Waals surface area contributed by atoms with E-state index in [1.807, 2.05) is 50.4 Å². The van der Waals surface area contributed by atoms with Crippen LogP contribution in [0.5, 0.6) is 0 Å². The third kappa shape index (κ3) is 3.03. The fourth-order valence-electron chi connectivity index (χ4n) is 1.71. The number of nitrogens with one attached hydrogen (secondary N) is 1. The molecule has 1 aromatic heterocycles. The number of para-hydroxylation sites is 1. The normalized spacial score (nSPS) is 12.2. The molecule has 1 atom stereocenters. The van der Waals surface area contributed by atoms with E-state index in [0.29, 0.717) is 0 Å². The van der Waals surface area contributed by atoms with Crippen LogP contribution in [0.15, 0.2) is 41.0 Å². The topological polar surface area (TPSA) is 24.9 Å². The number of aromatic nitrogens is 1. The Labute approximate surface area is 121 Å². The molecule has 0 aliphatic heterocycles. The van der Waals surface area contributed by atoms with Crippen molar-refractivity contribution in [3.63, 3.8) is 0 Å². The van der Waals surface area contributed by atoms with E-state index in [9.17, 15) is 0 Å². The summed E-state index contributed by atoms with van der Waals surface area (Å²) in [4.78, 5) is 4.37. The highest BCUT2D eigenvalue weighted by Gasteiger charge is 2.09. The third-order valence-corrected chi connectivity index (χ3v) is 3.46. The molecule has 94 valence electrons. The molecule has 4 heteroatoms. The molecular weight excluding hydrogens is 312 g/mol. The summed E-state index contributed by atoms with van der Waals surface area (Å²) in [5.41, 5.74) is 3.16. The van der Waals surface area contributed by atoms with Gasteiger partial charge in [0.1, 0.15) is 5.82 Å². The van der Waals surface area contributed by atoms with E-state index < -0.39 is 0 Å². The summed E-state index contributed by atoms with van der Waals surface area (Å²) in [5, 5.41) is 3.26. The minimum Gasteiger partial charge on any atom is -0.339 e. The third-order valence-electron chi connectivity index (χ3n) is 2.62. The molecule has 0 aliphatic carbocycles. The first-order chi connectivity index (χ1) is 8.58. The summed E-state index contributed by atoms with van der Waals surface area (Å²) >= 11 is 9.68. The van der Waals surface area contributed by atoms with Crippen molar-refractivity contribution in [2.24, 2.45) is 0 Å². The van der Waals surface area contributed by atoms with Crippen LogP contribution in [0.1, 0.15) is 23.4 Å². The molecule has 1 unspecified atom stereocenters. The molecule has 0 saturated carbocycles. The maximum Gasteiger partial charge on any atom is 0.144 e. The summed E-state index contributed by atoms with van der Waals surface area (Å²) in [7, 11) is 0. The molecular formula is C14H14BrClN2. The van der Waals surface area contributed by atoms with Gasteiger partial charge in [-0.3, -0.25) is 0 Å². The Morgan fingerprint density at radius 2 is 2.06 bits per heavy atom. The molecule has 0 fully saturated rings. The number of aryl methyl sites for hydroxylation is 1. The van der Waals surface area contributed by atoms with E-state index in [2.05, 4.69) is 26.2 Å². The van der Waals surface area contributed by atoms with E-state index in [1.165, 1.54) is 0 Å². The fourth-order valence-corrected chi connectivity index (χ4v) is 2.46. The van der Waals surface area contributed by atoms with Crippen LogP contribution < -0.4 is 5.32 Å². The Hall–Kier alpha value is -1.06. The molecule has 18 heavy (non-hydrogen) atoms. The summed E-state index contributed by atoms with van der Waals surface area (Å²) in [6.45, 7) is 3.97. The number of halogens is 2. The van der Waals surface area contributed by atoms with Gasteiger partial charge < -0.3 is 5.32 Å². The average molecular weight is 326 g/mol. The van der Waals surface area contributed by atoms with E-state index in [4.69, 9.17) is 11.6 Å². The second-order valence-corrected chi connectivity index (χ2v) is 5.68. The van der Waals surface area contributed by atoms with Gasteiger partial charge in [0, 0.05) is 11.9 Å². The van der Waals surface area contributed by atoms with E-state index >= 15 is 0 Å². The van der Waals surface area contributed by atoms with Crippen LogP contribution in [0.3, 0.4) is 0 Å². The van der Waals surface area contributed by atoms with Crippen LogP contribution in [-0.4, -0.2) is 4.98 Å². The van der Waals surface area contributed by atoms with E-state index in [1.54, 1.807) is 0 Å². The molecule has 0 amide bonds. The van der Waals surface area contributed by atoms with Crippen molar-refractivity contribution in [1.29, 1.82) is 0 Å². The van der Waals surface area contributed by atoms with Gasteiger partial charge in [0.2, 0.25) is 0 Å². The van der Waals surface area contributed by atoms with Crippen LogP contribution in [0.4, 0.5) is 11.5 Å². The molecule has 0 bridgehead atoms. The van der Waals surface area contributed by atoms with Gasteiger partial charge in [-0.1, -0.05) is 18.2 Å². The summed E-state index contributed by atoms with van der Waals surface area (Å²) in [6, 6.07) is 10.0. The molecule has 0 spiro atoms. The second-order valence-electron chi connectivity index (χ2n) is 4.17. The minimum atomic E-state index is -0.0436. The zero-order chi connectivity index (χ0) is 13.1. The standard InChI is InChI=1S/C14H14BrClN2/c1-9-7-12(15)14(17-8-9)18-13-6-4-3-5-11(13)10(2)16/h3-8,10H,1-2H3,(H,17,18). The SMILES string of the molecule is Cc1cnc(Nc2ccccc2C(C)Cl)c(Br)c1. The van der Waals surface area contributed by atoms with Crippen molar-refractivity contribution in [1.82, 2.24) is 4.98 Å². The number of benzene rings is 1. The minimum absolute atomic E-state index is 0.0436. The predicted molar refractivity (Wildman–Crippen MR) is 80.7 cm³/mol. The van der Waals surface area contributed by atoms with Gasteiger partial charge in [-0.2, -0.15) is 0 Å². The maximum absolute atomic E-state index is 6.17. The van der Waals surface area contributed by atoms with Crippen molar-refractivity contribution in [3.8, 4) is 0 Å². The summed E-state index contributed by atoms with van der Waals surface area (Å²) in [5.74, 6) is 0.797. The lowest BCUT2D eigenvalue weighted by molar-refractivity contribution is 1.08. The van der Waals surface area contributed by atoms with Gasteiger partial charge in [0.25, 0.3) is 0 Å². The van der Waals surface area contributed by atoms with Gasteiger partial charge in [0.15, 0.2) is 0 Å². The summed E-state index contributed by atoms with van der Waals surface area (Å²) in [6.07, 6.45) is 1.83. The van der Waals surface area contributed by atoms with Crippen LogP contribution in [-0.2, 0) is 0 Å². The molecule has 0 radical (unpaired) electrons.